The van der Waals surface area contributed by atoms with E-state index in [4.69, 9.17) is 4.74 Å². The molecule has 0 fully saturated rings. The second-order valence-corrected chi connectivity index (χ2v) is 8.80. The van der Waals surface area contributed by atoms with E-state index in [1.54, 1.807) is 25.6 Å². The molecule has 2 aromatic heterocycles. The van der Waals surface area contributed by atoms with E-state index in [1.807, 2.05) is 19.1 Å². The van der Waals surface area contributed by atoms with Gasteiger partial charge in [0.2, 0.25) is 0 Å². The first-order chi connectivity index (χ1) is 14.8. The highest BCUT2D eigenvalue weighted by molar-refractivity contribution is 7.83. The van der Waals surface area contributed by atoms with Crippen molar-refractivity contribution in [2.24, 2.45) is 7.05 Å². The van der Waals surface area contributed by atoms with E-state index in [9.17, 15) is 17.8 Å². The van der Waals surface area contributed by atoms with Gasteiger partial charge in [0.25, 0.3) is 5.91 Å². The lowest BCUT2D eigenvalue weighted by molar-refractivity contribution is 0.101. The average Bonchev–Trinajstić information content (AvgIpc) is 3.01. The van der Waals surface area contributed by atoms with Crippen LogP contribution in [0.4, 0.5) is 14.5 Å². The minimum Gasteiger partial charge on any atom is -0.488 e. The summed E-state index contributed by atoms with van der Waals surface area (Å²) >= 11 is 0. The molecule has 7 nitrogen and oxygen atoms in total. The highest BCUT2D eigenvalue weighted by Gasteiger charge is 2.36. The maximum absolute atomic E-state index is 13.5. The fourth-order valence-corrected chi connectivity index (χ4v) is 4.72. The van der Waals surface area contributed by atoms with Crippen molar-refractivity contribution in [3.63, 3.8) is 0 Å². The molecule has 1 aromatic carbocycles. The first-order valence-electron chi connectivity index (χ1n) is 9.43. The number of anilines is 1. The number of fused-ring (bicyclic) bond motifs is 1. The number of hydrogen-bond donors (Lipinski definition) is 2. The minimum absolute atomic E-state index is 0.0909. The number of rotatable bonds is 4. The standard InChI is InChI=1S/C21H20F2N4O3S/c1-21(9-13-4-3-7-24-10-13)12-30-19-17(31(29)26-21)11-27(2)18(19)20(28)25-14-5-6-15(22)16(23)8-14/h3-8,10-11,26H,9,12H2,1-2H3,(H,25,28). The number of ether oxygens (including phenoxy) is 1. The summed E-state index contributed by atoms with van der Waals surface area (Å²) < 4.78 is 50.2. The molecule has 3 heterocycles. The lowest BCUT2D eigenvalue weighted by Crippen LogP contribution is -2.48. The van der Waals surface area contributed by atoms with Crippen molar-refractivity contribution in [1.29, 1.82) is 0 Å². The zero-order chi connectivity index (χ0) is 22.2. The van der Waals surface area contributed by atoms with Crippen LogP contribution >= 0.6 is 0 Å². The van der Waals surface area contributed by atoms with Crippen molar-refractivity contribution in [3.05, 3.63) is 71.8 Å². The Hall–Kier alpha value is -3.11. The van der Waals surface area contributed by atoms with Gasteiger partial charge in [0.05, 0.1) is 5.54 Å². The van der Waals surface area contributed by atoms with Gasteiger partial charge >= 0.3 is 0 Å². The van der Waals surface area contributed by atoms with Gasteiger partial charge in [-0.15, -0.1) is 0 Å². The van der Waals surface area contributed by atoms with Crippen LogP contribution in [-0.4, -0.2) is 31.8 Å². The third-order valence-electron chi connectivity index (χ3n) is 4.89. The summed E-state index contributed by atoms with van der Waals surface area (Å²) in [4.78, 5) is 17.3. The summed E-state index contributed by atoms with van der Waals surface area (Å²) in [5.41, 5.74) is 0.488. The Morgan fingerprint density at radius 1 is 1.35 bits per heavy atom. The van der Waals surface area contributed by atoms with Gasteiger partial charge in [0, 0.05) is 37.4 Å². The molecule has 2 N–H and O–H groups in total. The van der Waals surface area contributed by atoms with Gasteiger partial charge in [-0.3, -0.25) is 9.78 Å². The van der Waals surface area contributed by atoms with Gasteiger partial charge in [-0.25, -0.2) is 17.7 Å². The van der Waals surface area contributed by atoms with Crippen LogP contribution in [0.5, 0.6) is 5.75 Å². The Morgan fingerprint density at radius 2 is 2.16 bits per heavy atom. The molecule has 2 atom stereocenters. The molecule has 10 heteroatoms. The molecule has 4 rings (SSSR count). The molecule has 1 amide bonds. The van der Waals surface area contributed by atoms with Gasteiger partial charge in [-0.2, -0.15) is 0 Å². The predicted molar refractivity (Wildman–Crippen MR) is 111 cm³/mol. The summed E-state index contributed by atoms with van der Waals surface area (Å²) in [6, 6.07) is 6.81. The second kappa shape index (κ2) is 8.20. The number of aryl methyl sites for hydroxylation is 1. The number of carbonyl (C=O) groups is 1. The highest BCUT2D eigenvalue weighted by Crippen LogP contribution is 2.33. The van der Waals surface area contributed by atoms with E-state index in [2.05, 4.69) is 15.0 Å². The van der Waals surface area contributed by atoms with E-state index in [0.29, 0.717) is 11.3 Å². The molecule has 1 aliphatic rings. The third kappa shape index (κ3) is 4.35. The van der Waals surface area contributed by atoms with Crippen LogP contribution < -0.4 is 14.8 Å². The zero-order valence-corrected chi connectivity index (χ0v) is 17.6. The van der Waals surface area contributed by atoms with Crippen molar-refractivity contribution in [3.8, 4) is 5.75 Å². The second-order valence-electron chi connectivity index (χ2n) is 7.62. The molecular weight excluding hydrogens is 426 g/mol. The Bertz CT molecular complexity index is 1170. The number of nitrogens with zero attached hydrogens (tertiary/aromatic N) is 2. The molecule has 0 radical (unpaired) electrons. The topological polar surface area (TPSA) is 85.2 Å². The van der Waals surface area contributed by atoms with Crippen LogP contribution in [0.25, 0.3) is 0 Å². The molecule has 0 aliphatic carbocycles. The van der Waals surface area contributed by atoms with Crippen LogP contribution in [0, 0.1) is 11.6 Å². The Morgan fingerprint density at radius 3 is 2.87 bits per heavy atom. The number of amides is 1. The number of carbonyl (C=O) groups excluding carboxylic acids is 1. The monoisotopic (exact) mass is 446 g/mol. The fraction of sp³-hybridized carbons (Fsp3) is 0.238. The Balaban J connectivity index is 1.60. The minimum atomic E-state index is -1.64. The first-order valence-corrected chi connectivity index (χ1v) is 10.6. The van der Waals surface area contributed by atoms with Gasteiger partial charge in [0.1, 0.15) is 22.5 Å². The lowest BCUT2D eigenvalue weighted by Gasteiger charge is -2.27. The molecule has 3 aromatic rings. The van der Waals surface area contributed by atoms with Crippen molar-refractivity contribution in [1.82, 2.24) is 14.3 Å². The van der Waals surface area contributed by atoms with Crippen LogP contribution in [0.15, 0.2) is 53.8 Å². The number of pyridine rings is 1. The number of halogens is 2. The van der Waals surface area contributed by atoms with E-state index >= 15 is 0 Å². The largest absolute Gasteiger partial charge is 0.488 e. The van der Waals surface area contributed by atoms with Crippen molar-refractivity contribution in [2.75, 3.05) is 11.9 Å². The average molecular weight is 446 g/mol. The smallest absolute Gasteiger partial charge is 0.276 e. The molecule has 0 bridgehead atoms. The van der Waals surface area contributed by atoms with Crippen LogP contribution in [0.3, 0.4) is 0 Å². The Kier molecular flexibility index (Phi) is 5.59. The zero-order valence-electron chi connectivity index (χ0n) is 16.8. The number of nitrogens with one attached hydrogen (secondary N) is 2. The van der Waals surface area contributed by atoms with Gasteiger partial charge in [-0.05, 0) is 37.1 Å². The summed E-state index contributed by atoms with van der Waals surface area (Å²) in [5.74, 6) is -2.49. The fourth-order valence-electron chi connectivity index (χ4n) is 3.45. The molecule has 1 aliphatic heterocycles. The predicted octanol–water partition coefficient (Wildman–Crippen LogP) is 2.96. The Labute approximate surface area is 180 Å². The normalized spacial score (nSPS) is 20.5. The lowest BCUT2D eigenvalue weighted by atomic mass is 9.96. The highest BCUT2D eigenvalue weighted by atomic mass is 32.2. The van der Waals surface area contributed by atoms with Crippen LogP contribution in [0.2, 0.25) is 0 Å². The summed E-state index contributed by atoms with van der Waals surface area (Å²) in [5, 5.41) is 2.53. The van der Waals surface area contributed by atoms with E-state index in [0.717, 1.165) is 17.7 Å². The van der Waals surface area contributed by atoms with Gasteiger partial charge in [-0.1, -0.05) is 6.07 Å². The number of aromatic nitrogens is 2. The van der Waals surface area contributed by atoms with E-state index in [1.165, 1.54) is 10.6 Å². The third-order valence-corrected chi connectivity index (χ3v) is 6.25. The molecule has 0 saturated carbocycles. The van der Waals surface area contributed by atoms with Crippen LogP contribution in [-0.2, 0) is 24.5 Å². The number of benzene rings is 1. The van der Waals surface area contributed by atoms with E-state index < -0.39 is 34.1 Å². The van der Waals surface area contributed by atoms with Gasteiger partial charge < -0.3 is 14.6 Å². The molecular formula is C21H20F2N4O3S. The summed E-state index contributed by atoms with van der Waals surface area (Å²) in [7, 11) is -0.0254. The molecule has 0 spiro atoms. The quantitative estimate of drug-likeness (QED) is 0.645. The molecule has 31 heavy (non-hydrogen) atoms. The first kappa shape index (κ1) is 21.1. The summed E-state index contributed by atoms with van der Waals surface area (Å²) in [6.45, 7) is 2.03. The maximum Gasteiger partial charge on any atom is 0.276 e. The molecule has 162 valence electrons. The van der Waals surface area contributed by atoms with Crippen molar-refractivity contribution >= 4 is 22.6 Å². The number of hydrogen-bond acceptors (Lipinski definition) is 4. The molecule has 2 unspecified atom stereocenters. The maximum atomic E-state index is 13.5. The van der Waals surface area contributed by atoms with E-state index in [-0.39, 0.29) is 23.7 Å². The van der Waals surface area contributed by atoms with Gasteiger partial charge in [0.15, 0.2) is 23.1 Å². The van der Waals surface area contributed by atoms with Crippen molar-refractivity contribution < 1.29 is 22.5 Å². The SMILES string of the molecule is Cn1cc2c(c1C(=O)Nc1ccc(F)c(F)c1)OCC(C)(Cc1cccnc1)NS2=O. The van der Waals surface area contributed by atoms with Crippen LogP contribution in [0.1, 0.15) is 23.0 Å². The van der Waals surface area contributed by atoms with Crippen molar-refractivity contribution in [2.45, 2.75) is 23.8 Å². The molecule has 0 saturated heterocycles. The summed E-state index contributed by atoms with van der Waals surface area (Å²) in [6.07, 6.45) is 5.47.